The molecule has 0 unspecified atom stereocenters. The summed E-state index contributed by atoms with van der Waals surface area (Å²) in [4.78, 5) is 38.8. The number of amides is 2. The predicted octanol–water partition coefficient (Wildman–Crippen LogP) is -2.15. The SMILES string of the molecule is CNC(=O)c1cc(NC(=O)OC(C)(C)C)cn1CCCn1ccnc1C(=O)[O-].[Na+]. The van der Waals surface area contributed by atoms with Crippen molar-refractivity contribution in [2.45, 2.75) is 45.9 Å². The van der Waals surface area contributed by atoms with E-state index in [2.05, 4.69) is 15.6 Å². The Labute approximate surface area is 190 Å². The number of carboxylic acid groups (broad SMARTS) is 1. The molecule has 0 aliphatic carbocycles. The van der Waals surface area contributed by atoms with Gasteiger partial charge in [0.05, 0.1) is 5.69 Å². The molecular formula is C18H24N5NaO5. The summed E-state index contributed by atoms with van der Waals surface area (Å²) in [5, 5.41) is 16.2. The standard InChI is InChI=1S/C18H25N5O5.Na/c1-18(2,3)28-17(27)21-12-10-13(15(24)19-4)23(11-12)8-5-7-22-9-6-20-14(22)16(25)26;/h6,9-11H,5,7-8H2,1-4H3,(H,19,24)(H,21,27)(H,25,26);/q;+1/p-1. The van der Waals surface area contributed by atoms with E-state index in [0.717, 1.165) is 0 Å². The van der Waals surface area contributed by atoms with Gasteiger partial charge in [-0.15, -0.1) is 0 Å². The van der Waals surface area contributed by atoms with E-state index in [4.69, 9.17) is 4.74 Å². The van der Waals surface area contributed by atoms with Gasteiger partial charge in [0.25, 0.3) is 5.91 Å². The van der Waals surface area contributed by atoms with Crippen LogP contribution in [-0.4, -0.2) is 44.7 Å². The van der Waals surface area contributed by atoms with Gasteiger partial charge in [0.1, 0.15) is 17.3 Å². The van der Waals surface area contributed by atoms with Crippen LogP contribution in [0.1, 0.15) is 48.3 Å². The van der Waals surface area contributed by atoms with Gasteiger partial charge in [-0.1, -0.05) is 0 Å². The number of carboxylic acids is 1. The number of aryl methyl sites for hydroxylation is 2. The van der Waals surface area contributed by atoms with E-state index in [0.29, 0.717) is 30.9 Å². The average molecular weight is 413 g/mol. The van der Waals surface area contributed by atoms with Crippen molar-refractivity contribution >= 4 is 23.7 Å². The van der Waals surface area contributed by atoms with Crippen molar-refractivity contribution in [1.29, 1.82) is 0 Å². The maximum Gasteiger partial charge on any atom is 1.00 e. The van der Waals surface area contributed by atoms with Crippen molar-refractivity contribution in [2.75, 3.05) is 12.4 Å². The molecule has 29 heavy (non-hydrogen) atoms. The summed E-state index contributed by atoms with van der Waals surface area (Å²) in [5.74, 6) is -1.80. The van der Waals surface area contributed by atoms with Crippen molar-refractivity contribution in [3.63, 3.8) is 0 Å². The molecule has 0 aromatic carbocycles. The van der Waals surface area contributed by atoms with Gasteiger partial charge in [0, 0.05) is 38.7 Å². The first-order valence-corrected chi connectivity index (χ1v) is 8.75. The molecule has 152 valence electrons. The zero-order valence-electron chi connectivity index (χ0n) is 17.3. The van der Waals surface area contributed by atoms with Gasteiger partial charge < -0.3 is 29.1 Å². The number of aromatic nitrogens is 3. The number of aromatic carboxylic acids is 1. The minimum Gasteiger partial charge on any atom is -0.542 e. The third kappa shape index (κ3) is 7.22. The van der Waals surface area contributed by atoms with Crippen molar-refractivity contribution in [3.05, 3.63) is 36.2 Å². The number of ether oxygens (including phenoxy) is 1. The Morgan fingerprint density at radius 1 is 1.21 bits per heavy atom. The molecule has 0 radical (unpaired) electrons. The van der Waals surface area contributed by atoms with Crippen molar-refractivity contribution in [3.8, 4) is 0 Å². The average Bonchev–Trinajstić information content (AvgIpc) is 3.19. The third-order valence-corrected chi connectivity index (χ3v) is 3.70. The maximum absolute atomic E-state index is 12.1. The second kappa shape index (κ2) is 10.5. The number of nitrogens with one attached hydrogen (secondary N) is 2. The molecular weight excluding hydrogens is 389 g/mol. The van der Waals surface area contributed by atoms with Crippen LogP contribution in [0.3, 0.4) is 0 Å². The monoisotopic (exact) mass is 413 g/mol. The fourth-order valence-electron chi connectivity index (χ4n) is 2.59. The van der Waals surface area contributed by atoms with E-state index in [-0.39, 0.29) is 41.3 Å². The Kier molecular flexibility index (Phi) is 8.93. The summed E-state index contributed by atoms with van der Waals surface area (Å²) in [7, 11) is 1.51. The first-order valence-electron chi connectivity index (χ1n) is 8.75. The number of carbonyl (C=O) groups excluding carboxylic acids is 3. The molecule has 0 atom stereocenters. The summed E-state index contributed by atoms with van der Waals surface area (Å²) < 4.78 is 8.36. The van der Waals surface area contributed by atoms with E-state index < -0.39 is 17.7 Å². The van der Waals surface area contributed by atoms with Crippen LogP contribution < -0.4 is 45.3 Å². The Hall–Kier alpha value is -2.30. The van der Waals surface area contributed by atoms with Gasteiger partial charge in [-0.25, -0.2) is 9.78 Å². The Morgan fingerprint density at radius 2 is 1.86 bits per heavy atom. The van der Waals surface area contributed by atoms with Gasteiger partial charge in [0.2, 0.25) is 0 Å². The first kappa shape index (κ1) is 24.7. The second-order valence-electron chi connectivity index (χ2n) is 7.10. The summed E-state index contributed by atoms with van der Waals surface area (Å²) in [5.41, 5.74) is 0.142. The molecule has 2 rings (SSSR count). The van der Waals surface area contributed by atoms with Crippen LogP contribution in [0.5, 0.6) is 0 Å². The smallest absolute Gasteiger partial charge is 0.542 e. The normalized spacial score (nSPS) is 10.8. The van der Waals surface area contributed by atoms with E-state index in [1.165, 1.54) is 17.8 Å². The molecule has 2 N–H and O–H groups in total. The quantitative estimate of drug-likeness (QED) is 0.498. The van der Waals surface area contributed by atoms with E-state index in [1.54, 1.807) is 43.8 Å². The van der Waals surface area contributed by atoms with Crippen LogP contribution in [0.25, 0.3) is 0 Å². The van der Waals surface area contributed by atoms with Gasteiger partial charge in [-0.3, -0.25) is 10.1 Å². The number of imidazole rings is 1. The molecule has 0 saturated heterocycles. The van der Waals surface area contributed by atoms with E-state index >= 15 is 0 Å². The van der Waals surface area contributed by atoms with Gasteiger partial charge in [0.15, 0.2) is 5.82 Å². The molecule has 0 aliphatic heterocycles. The number of nitrogens with zero attached hydrogens (tertiary/aromatic N) is 3. The number of anilines is 1. The van der Waals surface area contributed by atoms with E-state index in [1.807, 2.05) is 0 Å². The Morgan fingerprint density at radius 3 is 2.45 bits per heavy atom. The van der Waals surface area contributed by atoms with Crippen molar-refractivity contribution < 1.29 is 53.8 Å². The van der Waals surface area contributed by atoms with Gasteiger partial charge in [-0.2, -0.15) is 0 Å². The summed E-state index contributed by atoms with van der Waals surface area (Å²) in [6.45, 7) is 6.06. The molecule has 0 bridgehead atoms. The van der Waals surface area contributed by atoms with Crippen molar-refractivity contribution in [2.24, 2.45) is 0 Å². The van der Waals surface area contributed by atoms with Crippen LogP contribution in [-0.2, 0) is 17.8 Å². The van der Waals surface area contributed by atoms with E-state index in [9.17, 15) is 19.5 Å². The Balaban J connectivity index is 0.00000420. The number of carbonyl (C=O) groups is 3. The molecule has 2 amide bonds. The van der Waals surface area contributed by atoms with Crippen LogP contribution in [0, 0.1) is 0 Å². The van der Waals surface area contributed by atoms with Gasteiger partial charge >= 0.3 is 35.7 Å². The second-order valence-corrected chi connectivity index (χ2v) is 7.10. The minimum atomic E-state index is -1.35. The molecule has 0 aliphatic rings. The Bertz CT molecular complexity index is 868. The first-order chi connectivity index (χ1) is 13.1. The van der Waals surface area contributed by atoms with Gasteiger partial charge in [-0.05, 0) is 33.3 Å². The molecule has 11 heteroatoms. The minimum absolute atomic E-state index is 0. The fraction of sp³-hybridized carbons (Fsp3) is 0.444. The third-order valence-electron chi connectivity index (χ3n) is 3.70. The zero-order chi connectivity index (χ0) is 20.9. The molecule has 10 nitrogen and oxygen atoms in total. The maximum atomic E-state index is 12.1. The zero-order valence-corrected chi connectivity index (χ0v) is 19.3. The molecule has 2 heterocycles. The molecule has 2 aromatic rings. The molecule has 2 aromatic heterocycles. The topological polar surface area (TPSA) is 130 Å². The fourth-order valence-corrected chi connectivity index (χ4v) is 2.59. The van der Waals surface area contributed by atoms with Crippen LogP contribution in [0.15, 0.2) is 24.7 Å². The number of hydrogen-bond donors (Lipinski definition) is 2. The van der Waals surface area contributed by atoms with Crippen LogP contribution in [0.2, 0.25) is 0 Å². The van der Waals surface area contributed by atoms with Crippen LogP contribution in [0.4, 0.5) is 10.5 Å². The summed E-state index contributed by atoms with van der Waals surface area (Å²) >= 11 is 0. The summed E-state index contributed by atoms with van der Waals surface area (Å²) in [6, 6.07) is 1.55. The summed E-state index contributed by atoms with van der Waals surface area (Å²) in [6.07, 6.45) is 4.48. The van der Waals surface area contributed by atoms with Crippen LogP contribution >= 0.6 is 0 Å². The number of rotatable bonds is 7. The largest absolute Gasteiger partial charge is 1.00 e. The predicted molar refractivity (Wildman–Crippen MR) is 98.9 cm³/mol. The molecule has 0 fully saturated rings. The molecule has 0 spiro atoms. The molecule has 0 saturated carbocycles. The van der Waals surface area contributed by atoms with Crippen molar-refractivity contribution in [1.82, 2.24) is 19.4 Å². The number of hydrogen-bond acceptors (Lipinski definition) is 6.